The van der Waals surface area contributed by atoms with E-state index in [1.807, 2.05) is 18.2 Å². The smallest absolute Gasteiger partial charge is 0.160 e. The van der Waals surface area contributed by atoms with Crippen LogP contribution in [0.1, 0.15) is 0 Å². The third-order valence-electron chi connectivity index (χ3n) is 13.7. The quantitative estimate of drug-likeness (QED) is 0.118. The first kappa shape index (κ1) is 39.4. The summed E-state index contributed by atoms with van der Waals surface area (Å²) in [7, 11) is 0. The molecule has 0 amide bonds. The number of aromatic nitrogens is 2. The van der Waals surface area contributed by atoms with E-state index in [-0.39, 0.29) is 0 Å². The lowest BCUT2D eigenvalue weighted by Crippen LogP contribution is -1.97. The minimum atomic E-state index is 0.700. The Hall–Kier alpha value is -8.98. The highest BCUT2D eigenvalue weighted by atomic mass is 14.9. The Morgan fingerprint density at radius 3 is 1.46 bits per heavy atom. The Morgan fingerprint density at radius 1 is 0.221 bits per heavy atom. The van der Waals surface area contributed by atoms with Crippen molar-refractivity contribution in [2.24, 2.45) is 0 Å². The fraction of sp³-hybridized carbons (Fsp3) is 0. The van der Waals surface area contributed by atoms with Crippen molar-refractivity contribution in [3.05, 3.63) is 255 Å². The Balaban J connectivity index is 0.893. The van der Waals surface area contributed by atoms with Crippen LogP contribution in [0, 0.1) is 0 Å². The Morgan fingerprint density at radius 2 is 0.706 bits per heavy atom. The highest BCUT2D eigenvalue weighted by Gasteiger charge is 2.20. The molecule has 12 aromatic carbocycles. The van der Waals surface area contributed by atoms with Crippen molar-refractivity contribution in [1.29, 1.82) is 0 Å². The van der Waals surface area contributed by atoms with Crippen LogP contribution in [-0.2, 0) is 0 Å². The Bertz CT molecular complexity index is 4060. The largest absolute Gasteiger partial charge is 0.228 e. The summed E-state index contributed by atoms with van der Waals surface area (Å²) in [5.41, 5.74) is 14.5. The first-order valence-corrected chi connectivity index (χ1v) is 23.3. The van der Waals surface area contributed by atoms with Gasteiger partial charge in [0.15, 0.2) is 5.82 Å². The standard InChI is InChI=1S/C66H42N2/c1-3-18-46(19-4-1)63-58-27-13-14-28-59(58)64(65-54-24-10-8-17-45(54)38-39-60(63)65)47-32-30-43(31-33-47)49-34-35-51-41-52(37-36-50(51)40-49)61-42-62(68-66(67-61)48-20-5-2-6-21-48)57-26-12-11-25-56(57)55-29-15-22-44-16-7-9-23-53(44)55/h1-42H. The van der Waals surface area contributed by atoms with Gasteiger partial charge >= 0.3 is 0 Å². The normalized spacial score (nSPS) is 11.5. The third-order valence-corrected chi connectivity index (χ3v) is 13.7. The lowest BCUT2D eigenvalue weighted by Gasteiger charge is -2.19. The van der Waals surface area contributed by atoms with Crippen LogP contribution in [-0.4, -0.2) is 9.97 Å². The van der Waals surface area contributed by atoms with Crippen molar-refractivity contribution in [3.63, 3.8) is 0 Å². The van der Waals surface area contributed by atoms with Crippen LogP contribution < -0.4 is 0 Å². The van der Waals surface area contributed by atoms with E-state index < -0.39 is 0 Å². The highest BCUT2D eigenvalue weighted by Crippen LogP contribution is 2.47. The number of benzene rings is 12. The average Bonchev–Trinajstić information content (AvgIpc) is 3.42. The monoisotopic (exact) mass is 862 g/mol. The average molecular weight is 863 g/mol. The van der Waals surface area contributed by atoms with Crippen LogP contribution in [0.25, 0.3) is 132 Å². The van der Waals surface area contributed by atoms with Gasteiger partial charge in [0.25, 0.3) is 0 Å². The number of hydrogen-bond acceptors (Lipinski definition) is 2. The van der Waals surface area contributed by atoms with E-state index in [1.165, 1.54) is 87.4 Å². The van der Waals surface area contributed by atoms with Gasteiger partial charge in [-0.25, -0.2) is 9.97 Å². The summed E-state index contributed by atoms with van der Waals surface area (Å²) >= 11 is 0. The molecule has 0 aliphatic rings. The van der Waals surface area contributed by atoms with Gasteiger partial charge in [-0.05, 0) is 117 Å². The zero-order valence-electron chi connectivity index (χ0n) is 37.1. The van der Waals surface area contributed by atoms with Gasteiger partial charge in [-0.2, -0.15) is 0 Å². The predicted octanol–water partition coefficient (Wildman–Crippen LogP) is 17.9. The summed E-state index contributed by atoms with van der Waals surface area (Å²) in [6.07, 6.45) is 0. The molecule has 0 aliphatic heterocycles. The number of fused-ring (bicyclic) bond motifs is 6. The van der Waals surface area contributed by atoms with Crippen molar-refractivity contribution in [2.75, 3.05) is 0 Å². The van der Waals surface area contributed by atoms with Crippen molar-refractivity contribution in [3.8, 4) is 78.4 Å². The molecule has 1 heterocycles. The van der Waals surface area contributed by atoms with Gasteiger partial charge in [-0.1, -0.05) is 237 Å². The lowest BCUT2D eigenvalue weighted by atomic mass is 9.84. The second kappa shape index (κ2) is 16.5. The summed E-state index contributed by atoms with van der Waals surface area (Å²) in [6.45, 7) is 0. The van der Waals surface area contributed by atoms with E-state index in [2.05, 4.69) is 237 Å². The molecule has 0 aliphatic carbocycles. The zero-order chi connectivity index (χ0) is 45.0. The molecule has 0 radical (unpaired) electrons. The van der Waals surface area contributed by atoms with Gasteiger partial charge < -0.3 is 0 Å². The lowest BCUT2D eigenvalue weighted by molar-refractivity contribution is 1.18. The number of rotatable bonds is 7. The van der Waals surface area contributed by atoms with Crippen LogP contribution in [0.5, 0.6) is 0 Å². The molecule has 13 rings (SSSR count). The van der Waals surface area contributed by atoms with Crippen molar-refractivity contribution in [2.45, 2.75) is 0 Å². The van der Waals surface area contributed by atoms with Crippen LogP contribution in [0.3, 0.4) is 0 Å². The second-order valence-electron chi connectivity index (χ2n) is 17.6. The molecule has 0 fully saturated rings. The molecule has 13 aromatic rings. The first-order valence-electron chi connectivity index (χ1n) is 23.3. The van der Waals surface area contributed by atoms with E-state index in [0.29, 0.717) is 5.82 Å². The SMILES string of the molecule is c1ccc(-c2nc(-c3ccc4cc(-c5ccc(-c6c7ccccc7c(-c7ccccc7)c7ccc8ccccc8c67)cc5)ccc4c3)cc(-c3ccccc3-c3cccc4ccccc34)n2)cc1. The van der Waals surface area contributed by atoms with Gasteiger partial charge in [0.2, 0.25) is 0 Å². The van der Waals surface area contributed by atoms with Crippen molar-refractivity contribution >= 4 is 53.9 Å². The fourth-order valence-corrected chi connectivity index (χ4v) is 10.4. The van der Waals surface area contributed by atoms with E-state index in [0.717, 1.165) is 39.0 Å². The Kier molecular flexibility index (Phi) is 9.54. The molecular formula is C66H42N2. The minimum absolute atomic E-state index is 0.700. The number of hydrogen-bond donors (Lipinski definition) is 0. The first-order chi connectivity index (χ1) is 33.7. The summed E-state index contributed by atoms with van der Waals surface area (Å²) in [5, 5.41) is 12.3. The van der Waals surface area contributed by atoms with Gasteiger partial charge in [0.05, 0.1) is 11.4 Å². The van der Waals surface area contributed by atoms with Gasteiger partial charge in [-0.3, -0.25) is 0 Å². The van der Waals surface area contributed by atoms with Crippen LogP contribution >= 0.6 is 0 Å². The molecule has 1 aromatic heterocycles. The summed E-state index contributed by atoms with van der Waals surface area (Å²) in [6, 6.07) is 92.0. The molecule has 68 heavy (non-hydrogen) atoms. The molecule has 2 nitrogen and oxygen atoms in total. The summed E-state index contributed by atoms with van der Waals surface area (Å²) in [5.74, 6) is 0.700. The Labute approximate surface area is 395 Å². The molecule has 0 saturated heterocycles. The topological polar surface area (TPSA) is 25.8 Å². The van der Waals surface area contributed by atoms with Crippen LogP contribution in [0.2, 0.25) is 0 Å². The van der Waals surface area contributed by atoms with Crippen molar-refractivity contribution < 1.29 is 0 Å². The maximum absolute atomic E-state index is 5.25. The summed E-state index contributed by atoms with van der Waals surface area (Å²) in [4.78, 5) is 10.5. The zero-order valence-corrected chi connectivity index (χ0v) is 37.1. The minimum Gasteiger partial charge on any atom is -0.228 e. The summed E-state index contributed by atoms with van der Waals surface area (Å²) < 4.78 is 0. The fourth-order valence-electron chi connectivity index (χ4n) is 10.4. The molecule has 0 unspecified atom stereocenters. The van der Waals surface area contributed by atoms with E-state index >= 15 is 0 Å². The third kappa shape index (κ3) is 6.82. The molecule has 316 valence electrons. The van der Waals surface area contributed by atoms with Crippen molar-refractivity contribution in [1.82, 2.24) is 9.97 Å². The molecule has 0 spiro atoms. The molecule has 2 heteroatoms. The van der Waals surface area contributed by atoms with Gasteiger partial charge in [-0.15, -0.1) is 0 Å². The second-order valence-corrected chi connectivity index (χ2v) is 17.6. The molecule has 0 bridgehead atoms. The predicted molar refractivity (Wildman–Crippen MR) is 288 cm³/mol. The maximum Gasteiger partial charge on any atom is 0.160 e. The van der Waals surface area contributed by atoms with E-state index in [9.17, 15) is 0 Å². The maximum atomic E-state index is 5.25. The molecule has 0 saturated carbocycles. The number of nitrogens with zero attached hydrogens (tertiary/aromatic N) is 2. The molecule has 0 N–H and O–H groups in total. The van der Waals surface area contributed by atoms with Crippen LogP contribution in [0.15, 0.2) is 255 Å². The van der Waals surface area contributed by atoms with E-state index in [1.54, 1.807) is 0 Å². The van der Waals surface area contributed by atoms with Gasteiger partial charge in [0.1, 0.15) is 0 Å². The molecule has 0 atom stereocenters. The molecular weight excluding hydrogens is 821 g/mol. The van der Waals surface area contributed by atoms with Crippen LogP contribution in [0.4, 0.5) is 0 Å². The highest BCUT2D eigenvalue weighted by molar-refractivity contribution is 6.28. The van der Waals surface area contributed by atoms with E-state index in [4.69, 9.17) is 9.97 Å². The van der Waals surface area contributed by atoms with Gasteiger partial charge in [0, 0.05) is 16.7 Å².